The lowest BCUT2D eigenvalue weighted by Gasteiger charge is -2.31. The van der Waals surface area contributed by atoms with E-state index in [0.29, 0.717) is 12.0 Å². The summed E-state index contributed by atoms with van der Waals surface area (Å²) in [4.78, 5) is 5.19. The van der Waals surface area contributed by atoms with Crippen molar-refractivity contribution >= 4 is 0 Å². The number of aromatic nitrogens is 3. The summed E-state index contributed by atoms with van der Waals surface area (Å²) in [5.74, 6) is 3.11. The summed E-state index contributed by atoms with van der Waals surface area (Å²) in [6.07, 6.45) is 8.91. The molecule has 1 aromatic heterocycles. The van der Waals surface area contributed by atoms with Crippen molar-refractivity contribution in [2.24, 2.45) is 0 Å². The van der Waals surface area contributed by atoms with Gasteiger partial charge in [0.05, 0.1) is 6.54 Å². The van der Waals surface area contributed by atoms with Crippen molar-refractivity contribution in [3.05, 3.63) is 47.5 Å². The Morgan fingerprint density at radius 1 is 0.821 bits per heavy atom. The standard InChI is InChI=1S/C23H33N5/c1-2-6-19(7-3-1)10-15-26-16-11-20(12-17-26)23-25-24-22(28(23)21-8-9-21)18-27-13-4-5-14-27/h1-3,6-7,20-21H,4-5,8-18H2. The van der Waals surface area contributed by atoms with Gasteiger partial charge in [0.1, 0.15) is 11.6 Å². The Hall–Kier alpha value is -1.72. The van der Waals surface area contributed by atoms with Crippen LogP contribution in [0.4, 0.5) is 0 Å². The molecule has 0 spiro atoms. The van der Waals surface area contributed by atoms with E-state index in [9.17, 15) is 0 Å². The summed E-state index contributed by atoms with van der Waals surface area (Å²) in [6.45, 7) is 7.01. The molecule has 28 heavy (non-hydrogen) atoms. The monoisotopic (exact) mass is 379 g/mol. The molecule has 5 rings (SSSR count). The maximum absolute atomic E-state index is 4.73. The third kappa shape index (κ3) is 4.15. The average Bonchev–Trinajstić information content (AvgIpc) is 3.28. The molecule has 0 atom stereocenters. The molecule has 0 unspecified atom stereocenters. The molecule has 2 aliphatic heterocycles. The summed E-state index contributed by atoms with van der Waals surface area (Å²) < 4.78 is 2.54. The first kappa shape index (κ1) is 18.3. The van der Waals surface area contributed by atoms with Gasteiger partial charge in [-0.2, -0.15) is 0 Å². The van der Waals surface area contributed by atoms with E-state index < -0.39 is 0 Å². The highest BCUT2D eigenvalue weighted by Crippen LogP contribution is 2.40. The van der Waals surface area contributed by atoms with Gasteiger partial charge in [-0.05, 0) is 76.7 Å². The van der Waals surface area contributed by atoms with Crippen LogP contribution in [0.15, 0.2) is 30.3 Å². The molecule has 1 aromatic carbocycles. The van der Waals surface area contributed by atoms with Gasteiger partial charge in [0.2, 0.25) is 0 Å². The Morgan fingerprint density at radius 3 is 2.29 bits per heavy atom. The number of hydrogen-bond acceptors (Lipinski definition) is 4. The average molecular weight is 380 g/mol. The van der Waals surface area contributed by atoms with Crippen molar-refractivity contribution in [3.8, 4) is 0 Å². The van der Waals surface area contributed by atoms with Crippen molar-refractivity contribution in [2.75, 3.05) is 32.7 Å². The minimum absolute atomic E-state index is 0.591. The van der Waals surface area contributed by atoms with Crippen LogP contribution in [0.1, 0.15) is 67.7 Å². The van der Waals surface area contributed by atoms with Crippen LogP contribution in [0.3, 0.4) is 0 Å². The van der Waals surface area contributed by atoms with E-state index in [1.807, 2.05) is 0 Å². The van der Waals surface area contributed by atoms with Crippen molar-refractivity contribution in [2.45, 2.75) is 63.5 Å². The predicted octanol–water partition coefficient (Wildman–Crippen LogP) is 3.63. The molecule has 0 N–H and O–H groups in total. The minimum atomic E-state index is 0.591. The lowest BCUT2D eigenvalue weighted by atomic mass is 9.95. The van der Waals surface area contributed by atoms with Gasteiger partial charge in [-0.25, -0.2) is 0 Å². The number of benzene rings is 1. The zero-order chi connectivity index (χ0) is 18.8. The van der Waals surface area contributed by atoms with Crippen LogP contribution >= 0.6 is 0 Å². The minimum Gasteiger partial charge on any atom is -0.311 e. The Balaban J connectivity index is 1.19. The van der Waals surface area contributed by atoms with Crippen molar-refractivity contribution in [1.29, 1.82) is 0 Å². The molecule has 3 heterocycles. The highest BCUT2D eigenvalue weighted by Gasteiger charge is 2.34. The van der Waals surface area contributed by atoms with E-state index in [0.717, 1.165) is 13.0 Å². The van der Waals surface area contributed by atoms with E-state index >= 15 is 0 Å². The highest BCUT2D eigenvalue weighted by molar-refractivity contribution is 5.15. The van der Waals surface area contributed by atoms with Gasteiger partial charge in [-0.15, -0.1) is 10.2 Å². The van der Waals surface area contributed by atoms with Crippen LogP contribution in [0, 0.1) is 0 Å². The smallest absolute Gasteiger partial charge is 0.147 e. The normalized spacial score (nSPS) is 22.1. The van der Waals surface area contributed by atoms with Gasteiger partial charge < -0.3 is 9.47 Å². The zero-order valence-corrected chi connectivity index (χ0v) is 17.0. The zero-order valence-electron chi connectivity index (χ0n) is 17.0. The largest absolute Gasteiger partial charge is 0.311 e. The Morgan fingerprint density at radius 2 is 1.57 bits per heavy atom. The number of hydrogen-bond donors (Lipinski definition) is 0. The number of rotatable bonds is 7. The molecule has 0 amide bonds. The molecule has 3 aliphatic rings. The Labute approximate surface area is 168 Å². The third-order valence-electron chi connectivity index (χ3n) is 6.78. The molecule has 2 aromatic rings. The molecule has 0 radical (unpaired) electrons. The van der Waals surface area contributed by atoms with Crippen molar-refractivity contribution < 1.29 is 0 Å². The van der Waals surface area contributed by atoms with Crippen LogP contribution in [-0.4, -0.2) is 57.3 Å². The number of likely N-dealkylation sites (tertiary alicyclic amines) is 2. The van der Waals surface area contributed by atoms with Gasteiger partial charge >= 0.3 is 0 Å². The first-order valence-electron chi connectivity index (χ1n) is 11.3. The molecule has 1 aliphatic carbocycles. The fourth-order valence-electron chi connectivity index (χ4n) is 4.94. The van der Waals surface area contributed by atoms with E-state index in [2.05, 4.69) is 49.8 Å². The summed E-state index contributed by atoms with van der Waals surface area (Å²) in [5, 5.41) is 9.40. The summed E-state index contributed by atoms with van der Waals surface area (Å²) >= 11 is 0. The topological polar surface area (TPSA) is 37.2 Å². The fraction of sp³-hybridized carbons (Fsp3) is 0.652. The van der Waals surface area contributed by atoms with Crippen LogP contribution < -0.4 is 0 Å². The molecule has 3 fully saturated rings. The highest BCUT2D eigenvalue weighted by atomic mass is 15.3. The predicted molar refractivity (Wildman–Crippen MR) is 111 cm³/mol. The van der Waals surface area contributed by atoms with Crippen LogP contribution in [0.25, 0.3) is 0 Å². The summed E-state index contributed by atoms with van der Waals surface area (Å²) in [6, 6.07) is 11.6. The first-order valence-corrected chi connectivity index (χ1v) is 11.3. The molecule has 0 bridgehead atoms. The maximum Gasteiger partial charge on any atom is 0.147 e. The molecule has 1 saturated carbocycles. The second-order valence-electron chi connectivity index (χ2n) is 8.91. The second-order valence-corrected chi connectivity index (χ2v) is 8.91. The third-order valence-corrected chi connectivity index (χ3v) is 6.78. The number of nitrogens with zero attached hydrogens (tertiary/aromatic N) is 5. The molecule has 5 nitrogen and oxygen atoms in total. The summed E-state index contributed by atoms with van der Waals surface area (Å²) in [5.41, 5.74) is 1.45. The lowest BCUT2D eigenvalue weighted by molar-refractivity contribution is 0.209. The SMILES string of the molecule is c1ccc(CCN2CCC(c3nnc(CN4CCCC4)n3C3CC3)CC2)cc1. The first-order chi connectivity index (χ1) is 13.9. The van der Waals surface area contributed by atoms with Crippen LogP contribution in [0.5, 0.6) is 0 Å². The van der Waals surface area contributed by atoms with E-state index in [4.69, 9.17) is 5.10 Å². The molecular formula is C23H33N5. The molecule has 150 valence electrons. The maximum atomic E-state index is 4.73. The number of piperidine rings is 1. The van der Waals surface area contributed by atoms with E-state index in [1.165, 1.54) is 88.5 Å². The quantitative estimate of drug-likeness (QED) is 0.736. The molecule has 5 heteroatoms. The molecule has 2 saturated heterocycles. The van der Waals surface area contributed by atoms with Gasteiger partial charge in [0.15, 0.2) is 0 Å². The van der Waals surface area contributed by atoms with Crippen molar-refractivity contribution in [3.63, 3.8) is 0 Å². The Kier molecular flexibility index (Phi) is 5.45. The molecular weight excluding hydrogens is 346 g/mol. The summed E-state index contributed by atoms with van der Waals surface area (Å²) in [7, 11) is 0. The van der Waals surface area contributed by atoms with Gasteiger partial charge in [0, 0.05) is 18.5 Å². The van der Waals surface area contributed by atoms with Gasteiger partial charge in [-0.3, -0.25) is 4.90 Å². The lowest BCUT2D eigenvalue weighted by Crippen LogP contribution is -2.35. The van der Waals surface area contributed by atoms with Crippen LogP contribution in [-0.2, 0) is 13.0 Å². The van der Waals surface area contributed by atoms with Crippen molar-refractivity contribution in [1.82, 2.24) is 24.6 Å². The Bertz CT molecular complexity index is 753. The fourth-order valence-corrected chi connectivity index (χ4v) is 4.94. The van der Waals surface area contributed by atoms with Gasteiger partial charge in [-0.1, -0.05) is 30.3 Å². The van der Waals surface area contributed by atoms with Gasteiger partial charge in [0.25, 0.3) is 0 Å². The van der Waals surface area contributed by atoms with E-state index in [1.54, 1.807) is 0 Å². The van der Waals surface area contributed by atoms with Crippen LogP contribution in [0.2, 0.25) is 0 Å². The van der Waals surface area contributed by atoms with E-state index in [-0.39, 0.29) is 0 Å². The second kappa shape index (κ2) is 8.34.